The number of benzene rings is 1. The quantitative estimate of drug-likeness (QED) is 0.661. The summed E-state index contributed by atoms with van der Waals surface area (Å²) in [6.07, 6.45) is 1.02. The molecule has 2 aromatic rings. The van der Waals surface area contributed by atoms with Crippen molar-refractivity contribution in [2.24, 2.45) is 0 Å². The minimum atomic E-state index is -1.58. The Kier molecular flexibility index (Phi) is 3.25. The van der Waals surface area contributed by atoms with E-state index >= 15 is 0 Å². The predicted octanol–water partition coefficient (Wildman–Crippen LogP) is 0.978. The summed E-state index contributed by atoms with van der Waals surface area (Å²) in [5.74, 6) is -2.34. The Hall–Kier alpha value is -3.10. The number of hydrogen-bond acceptors (Lipinski definition) is 5. The molecule has 0 fully saturated rings. The van der Waals surface area contributed by atoms with E-state index in [4.69, 9.17) is 5.11 Å². The third kappa shape index (κ3) is 2.36. The number of rotatable bonds is 3. The van der Waals surface area contributed by atoms with Crippen molar-refractivity contribution in [2.75, 3.05) is 0 Å². The summed E-state index contributed by atoms with van der Waals surface area (Å²) in [7, 11) is 0. The first kappa shape index (κ1) is 13.3. The number of aromatic carboxylic acids is 1. The molecule has 1 aromatic heterocycles. The predicted molar refractivity (Wildman–Crippen MR) is 63.4 cm³/mol. The molecule has 9 heteroatoms. The molecule has 1 heterocycles. The van der Waals surface area contributed by atoms with Crippen LogP contribution in [0.15, 0.2) is 35.3 Å². The van der Waals surface area contributed by atoms with E-state index in [2.05, 4.69) is 5.10 Å². The molecule has 1 N–H and O–H groups in total. The van der Waals surface area contributed by atoms with Crippen LogP contribution < -0.4 is 5.43 Å². The fraction of sp³-hybridized carbons (Fsp3) is 0. The number of halogens is 1. The highest BCUT2D eigenvalue weighted by Gasteiger charge is 2.18. The van der Waals surface area contributed by atoms with Crippen molar-refractivity contribution in [3.63, 3.8) is 0 Å². The summed E-state index contributed by atoms with van der Waals surface area (Å²) in [6, 6.07) is 3.51. The fourth-order valence-corrected chi connectivity index (χ4v) is 1.52. The fourth-order valence-electron chi connectivity index (χ4n) is 1.52. The van der Waals surface area contributed by atoms with Gasteiger partial charge in [-0.3, -0.25) is 14.9 Å². The summed E-state index contributed by atoms with van der Waals surface area (Å²) in [5.41, 5.74) is -2.42. The summed E-state index contributed by atoms with van der Waals surface area (Å²) < 4.78 is 14.0. The number of nitro groups is 1. The zero-order valence-electron chi connectivity index (χ0n) is 9.69. The van der Waals surface area contributed by atoms with E-state index in [0.717, 1.165) is 35.1 Å². The maximum absolute atomic E-state index is 13.2. The van der Waals surface area contributed by atoms with Gasteiger partial charge in [-0.1, -0.05) is 0 Å². The lowest BCUT2D eigenvalue weighted by Crippen LogP contribution is -2.20. The number of carbonyl (C=O) groups is 1. The van der Waals surface area contributed by atoms with Crippen LogP contribution in [0.1, 0.15) is 10.5 Å². The van der Waals surface area contributed by atoms with Gasteiger partial charge in [0.05, 0.1) is 4.92 Å². The largest absolute Gasteiger partial charge is 0.476 e. The molecule has 20 heavy (non-hydrogen) atoms. The Bertz CT molecular complexity index is 771. The lowest BCUT2D eigenvalue weighted by molar-refractivity contribution is -0.384. The van der Waals surface area contributed by atoms with E-state index in [1.807, 2.05) is 0 Å². The summed E-state index contributed by atoms with van der Waals surface area (Å²) in [5, 5.41) is 23.1. The lowest BCUT2D eigenvalue weighted by atomic mass is 10.2. The topological polar surface area (TPSA) is 115 Å². The molecule has 1 aromatic carbocycles. The summed E-state index contributed by atoms with van der Waals surface area (Å²) >= 11 is 0. The van der Waals surface area contributed by atoms with Gasteiger partial charge in [-0.15, -0.1) is 0 Å². The van der Waals surface area contributed by atoms with Crippen LogP contribution in [0.25, 0.3) is 5.69 Å². The van der Waals surface area contributed by atoms with Crippen LogP contribution in [-0.4, -0.2) is 25.8 Å². The minimum absolute atomic E-state index is 0.280. The second kappa shape index (κ2) is 4.88. The molecule has 0 saturated carbocycles. The average Bonchev–Trinajstić information content (AvgIpc) is 2.38. The van der Waals surface area contributed by atoms with E-state index in [0.29, 0.717) is 0 Å². The number of nitrogens with zero attached hydrogens (tertiary/aromatic N) is 3. The summed E-state index contributed by atoms with van der Waals surface area (Å²) in [6.45, 7) is 0. The molecule has 0 amide bonds. The Morgan fingerprint density at radius 2 is 2.10 bits per heavy atom. The second-order valence-electron chi connectivity index (χ2n) is 3.67. The number of carboxylic acids is 1. The highest BCUT2D eigenvalue weighted by Crippen LogP contribution is 2.22. The van der Waals surface area contributed by atoms with Gasteiger partial charge in [-0.05, 0) is 6.07 Å². The first-order valence-corrected chi connectivity index (χ1v) is 5.18. The molecule has 0 atom stereocenters. The number of carboxylic acid groups (broad SMARTS) is 1. The second-order valence-corrected chi connectivity index (χ2v) is 3.67. The van der Waals surface area contributed by atoms with Gasteiger partial charge < -0.3 is 5.11 Å². The Morgan fingerprint density at radius 1 is 1.40 bits per heavy atom. The Morgan fingerprint density at radius 3 is 2.70 bits per heavy atom. The van der Waals surface area contributed by atoms with Crippen molar-refractivity contribution < 1.29 is 19.2 Å². The number of hydrogen-bond donors (Lipinski definition) is 1. The normalized spacial score (nSPS) is 10.2. The van der Waals surface area contributed by atoms with Gasteiger partial charge in [-0.25, -0.2) is 13.9 Å². The van der Waals surface area contributed by atoms with Crippen molar-refractivity contribution in [3.8, 4) is 5.69 Å². The molecular weight excluding hydrogens is 273 g/mol. The van der Waals surface area contributed by atoms with Crippen molar-refractivity contribution in [3.05, 3.63) is 62.3 Å². The van der Waals surface area contributed by atoms with E-state index in [-0.39, 0.29) is 5.69 Å². The molecule has 0 aliphatic heterocycles. The van der Waals surface area contributed by atoms with Gasteiger partial charge >= 0.3 is 5.97 Å². The molecule has 0 aliphatic rings. The SMILES string of the molecule is O=C(O)c1nn(-c2cc(F)ccc2[N+](=O)[O-])ccc1=O. The van der Waals surface area contributed by atoms with Gasteiger partial charge in [0.1, 0.15) is 11.5 Å². The van der Waals surface area contributed by atoms with Crippen LogP contribution in [0.5, 0.6) is 0 Å². The summed E-state index contributed by atoms with van der Waals surface area (Å²) in [4.78, 5) is 32.2. The van der Waals surface area contributed by atoms with Gasteiger partial charge in [0, 0.05) is 24.4 Å². The maximum Gasteiger partial charge on any atom is 0.360 e. The number of aromatic nitrogens is 2. The monoisotopic (exact) mass is 279 g/mol. The van der Waals surface area contributed by atoms with Gasteiger partial charge in [0.15, 0.2) is 0 Å². The Balaban J connectivity index is 2.71. The standard InChI is InChI=1S/C11H6FN3O5/c12-6-1-2-7(15(19)20)8(5-6)14-4-3-9(16)10(13-14)11(17)18/h1-5H,(H,17,18). The van der Waals surface area contributed by atoms with Gasteiger partial charge in [-0.2, -0.15) is 5.10 Å². The van der Waals surface area contributed by atoms with Gasteiger partial charge in [0.25, 0.3) is 5.69 Å². The Labute approximate surface area is 109 Å². The van der Waals surface area contributed by atoms with Gasteiger partial charge in [0.2, 0.25) is 11.1 Å². The van der Waals surface area contributed by atoms with Crippen LogP contribution in [-0.2, 0) is 0 Å². The molecular formula is C11H6FN3O5. The first-order chi connectivity index (χ1) is 9.40. The highest BCUT2D eigenvalue weighted by molar-refractivity contribution is 5.84. The van der Waals surface area contributed by atoms with E-state index in [1.54, 1.807) is 0 Å². The molecule has 2 rings (SSSR count). The molecule has 0 saturated heterocycles. The first-order valence-electron chi connectivity index (χ1n) is 5.18. The van der Waals surface area contributed by atoms with Crippen LogP contribution in [0, 0.1) is 15.9 Å². The molecule has 0 radical (unpaired) electrons. The van der Waals surface area contributed by atoms with E-state index in [1.165, 1.54) is 0 Å². The molecule has 8 nitrogen and oxygen atoms in total. The molecule has 102 valence electrons. The molecule has 0 spiro atoms. The molecule has 0 bridgehead atoms. The van der Waals surface area contributed by atoms with E-state index in [9.17, 15) is 24.1 Å². The smallest absolute Gasteiger partial charge is 0.360 e. The van der Waals surface area contributed by atoms with Crippen LogP contribution in [0.3, 0.4) is 0 Å². The maximum atomic E-state index is 13.2. The average molecular weight is 279 g/mol. The molecule has 0 unspecified atom stereocenters. The molecule has 0 aliphatic carbocycles. The minimum Gasteiger partial charge on any atom is -0.476 e. The van der Waals surface area contributed by atoms with E-state index < -0.39 is 33.5 Å². The van der Waals surface area contributed by atoms with Crippen molar-refractivity contribution in [1.29, 1.82) is 0 Å². The van der Waals surface area contributed by atoms with Crippen LogP contribution in [0.4, 0.5) is 10.1 Å². The van der Waals surface area contributed by atoms with Crippen LogP contribution >= 0.6 is 0 Å². The third-order valence-corrected chi connectivity index (χ3v) is 2.39. The highest BCUT2D eigenvalue weighted by atomic mass is 19.1. The zero-order chi connectivity index (χ0) is 14.9. The lowest BCUT2D eigenvalue weighted by Gasteiger charge is -2.06. The number of nitro benzene ring substituents is 1. The third-order valence-electron chi connectivity index (χ3n) is 2.39. The van der Waals surface area contributed by atoms with Crippen molar-refractivity contribution >= 4 is 11.7 Å². The zero-order valence-corrected chi connectivity index (χ0v) is 9.69. The van der Waals surface area contributed by atoms with Crippen LogP contribution in [0.2, 0.25) is 0 Å². The van der Waals surface area contributed by atoms with Crippen molar-refractivity contribution in [2.45, 2.75) is 0 Å². The van der Waals surface area contributed by atoms with Crippen molar-refractivity contribution in [1.82, 2.24) is 9.78 Å².